The molecule has 1 aromatic carbocycles. The molecule has 1 aliphatic heterocycles. The number of allylic oxidation sites excluding steroid dienone is 1. The van der Waals surface area contributed by atoms with Gasteiger partial charge in [0.05, 0.1) is 11.8 Å². The van der Waals surface area contributed by atoms with Crippen LogP contribution < -0.4 is 10.9 Å². The maximum atomic E-state index is 13.6. The van der Waals surface area contributed by atoms with Gasteiger partial charge in [0.15, 0.2) is 6.29 Å². The summed E-state index contributed by atoms with van der Waals surface area (Å²) < 4.78 is 5.56. The molecule has 1 aromatic rings. The second-order valence-corrected chi connectivity index (χ2v) is 10.8. The van der Waals surface area contributed by atoms with Gasteiger partial charge in [0, 0.05) is 19.6 Å². The first-order valence-corrected chi connectivity index (χ1v) is 13.7. The average Bonchev–Trinajstić information content (AvgIpc) is 2.88. The normalized spacial score (nSPS) is 18.3. The standard InChI is InChI=1S/C29H45N3O6/c1-20(2)18-25(27(34)30-32(19-21(3)4)29(36)22(5)33)24(15-11-14-23-12-7-6-8-13-23)28(35)31-38-26-16-9-10-17-37-26/h6-8,11-14,20-22,24-26,33H,9-10,15-19H2,1-5H3,(H,30,34)(H,31,35)/b14-11+/t22-,24+,25-,26?/m1/s1. The Morgan fingerprint density at radius 2 is 1.76 bits per heavy atom. The lowest BCUT2D eigenvalue weighted by atomic mass is 9.82. The van der Waals surface area contributed by atoms with Gasteiger partial charge in [-0.05, 0) is 50.0 Å². The van der Waals surface area contributed by atoms with Gasteiger partial charge in [-0.1, -0.05) is 70.2 Å². The van der Waals surface area contributed by atoms with Crippen molar-refractivity contribution in [1.29, 1.82) is 0 Å². The van der Waals surface area contributed by atoms with Crippen molar-refractivity contribution >= 4 is 23.8 Å². The Hall–Kier alpha value is -2.75. The highest BCUT2D eigenvalue weighted by molar-refractivity contribution is 5.89. The zero-order chi connectivity index (χ0) is 28.1. The fraction of sp³-hybridized carbons (Fsp3) is 0.621. The lowest BCUT2D eigenvalue weighted by Crippen LogP contribution is -2.54. The van der Waals surface area contributed by atoms with Crippen molar-refractivity contribution in [3.05, 3.63) is 42.0 Å². The van der Waals surface area contributed by atoms with Crippen LogP contribution in [0.3, 0.4) is 0 Å². The largest absolute Gasteiger partial charge is 0.383 e. The molecule has 212 valence electrons. The number of aliphatic hydroxyl groups excluding tert-OH is 1. The molecule has 2 rings (SSSR count). The quantitative estimate of drug-likeness (QED) is 0.333. The van der Waals surface area contributed by atoms with E-state index in [-0.39, 0.29) is 24.8 Å². The summed E-state index contributed by atoms with van der Waals surface area (Å²) in [6.07, 6.45) is 5.30. The number of hydrogen-bond donors (Lipinski definition) is 3. The first-order valence-electron chi connectivity index (χ1n) is 13.7. The van der Waals surface area contributed by atoms with Gasteiger partial charge in [-0.2, -0.15) is 0 Å². The Labute approximate surface area is 226 Å². The second-order valence-electron chi connectivity index (χ2n) is 10.8. The molecular formula is C29H45N3O6. The summed E-state index contributed by atoms with van der Waals surface area (Å²) in [7, 11) is 0. The summed E-state index contributed by atoms with van der Waals surface area (Å²) in [5.41, 5.74) is 6.22. The molecule has 0 aliphatic carbocycles. The molecule has 9 nitrogen and oxygen atoms in total. The van der Waals surface area contributed by atoms with Gasteiger partial charge in [-0.25, -0.2) is 10.3 Å². The van der Waals surface area contributed by atoms with Crippen LogP contribution in [-0.4, -0.2) is 53.4 Å². The molecule has 4 atom stereocenters. The highest BCUT2D eigenvalue weighted by Crippen LogP contribution is 2.26. The van der Waals surface area contributed by atoms with Gasteiger partial charge < -0.3 is 9.84 Å². The molecule has 38 heavy (non-hydrogen) atoms. The van der Waals surface area contributed by atoms with Gasteiger partial charge in [0.2, 0.25) is 11.8 Å². The predicted octanol–water partition coefficient (Wildman–Crippen LogP) is 3.84. The molecule has 0 saturated carbocycles. The topological polar surface area (TPSA) is 117 Å². The Balaban J connectivity index is 2.28. The summed E-state index contributed by atoms with van der Waals surface area (Å²) in [6.45, 7) is 9.96. The van der Waals surface area contributed by atoms with Gasteiger partial charge in [0.1, 0.15) is 6.10 Å². The van der Waals surface area contributed by atoms with Crippen LogP contribution >= 0.6 is 0 Å². The van der Waals surface area contributed by atoms with Crippen molar-refractivity contribution in [3.63, 3.8) is 0 Å². The second kappa shape index (κ2) is 16.3. The first kappa shape index (κ1) is 31.5. The third kappa shape index (κ3) is 10.9. The number of benzene rings is 1. The number of amides is 3. The third-order valence-corrected chi connectivity index (χ3v) is 6.23. The summed E-state index contributed by atoms with van der Waals surface area (Å²) in [5.74, 6) is -2.82. The maximum Gasteiger partial charge on any atom is 0.269 e. The maximum absolute atomic E-state index is 13.6. The van der Waals surface area contributed by atoms with Crippen LogP contribution in [0.4, 0.5) is 0 Å². The van der Waals surface area contributed by atoms with Gasteiger partial charge >= 0.3 is 0 Å². The highest BCUT2D eigenvalue weighted by Gasteiger charge is 2.36. The van der Waals surface area contributed by atoms with E-state index in [0.29, 0.717) is 19.4 Å². The fourth-order valence-corrected chi connectivity index (χ4v) is 4.33. The van der Waals surface area contributed by atoms with Crippen molar-refractivity contribution in [2.45, 2.75) is 79.1 Å². The molecule has 1 aliphatic rings. The smallest absolute Gasteiger partial charge is 0.269 e. The Kier molecular flexibility index (Phi) is 13.5. The number of ether oxygens (including phenoxy) is 1. The minimum absolute atomic E-state index is 0.0540. The van der Waals surface area contributed by atoms with E-state index in [2.05, 4.69) is 10.9 Å². The lowest BCUT2D eigenvalue weighted by molar-refractivity contribution is -0.203. The molecule has 1 heterocycles. The Morgan fingerprint density at radius 3 is 2.34 bits per heavy atom. The molecule has 1 unspecified atom stereocenters. The molecule has 1 fully saturated rings. The van der Waals surface area contributed by atoms with E-state index < -0.39 is 42.0 Å². The number of aliphatic hydroxyl groups is 1. The number of carbonyl (C=O) groups is 3. The van der Waals surface area contributed by atoms with Crippen molar-refractivity contribution in [3.8, 4) is 0 Å². The molecule has 0 spiro atoms. The van der Waals surface area contributed by atoms with Crippen LogP contribution in [-0.2, 0) is 24.0 Å². The summed E-state index contributed by atoms with van der Waals surface area (Å²) >= 11 is 0. The fourth-order valence-electron chi connectivity index (χ4n) is 4.33. The first-order chi connectivity index (χ1) is 18.1. The number of rotatable bonds is 13. The Bertz CT molecular complexity index is 897. The summed E-state index contributed by atoms with van der Waals surface area (Å²) in [5, 5.41) is 11.0. The SMILES string of the molecule is CC(C)C[C@@H](C(=O)NN(CC(C)C)C(=O)[C@@H](C)O)[C@H](C/C=C/c1ccccc1)C(=O)NOC1CCCCO1. The molecule has 0 aromatic heterocycles. The lowest BCUT2D eigenvalue weighted by Gasteiger charge is -2.31. The van der Waals surface area contributed by atoms with Crippen molar-refractivity contribution in [2.24, 2.45) is 23.7 Å². The van der Waals surface area contributed by atoms with Crippen LogP contribution in [0.25, 0.3) is 6.08 Å². The number of hydrogen-bond acceptors (Lipinski definition) is 6. The number of carbonyl (C=O) groups excluding carboxylic acids is 3. The van der Waals surface area contributed by atoms with Crippen molar-refractivity contribution in [2.75, 3.05) is 13.2 Å². The minimum atomic E-state index is -1.27. The van der Waals surface area contributed by atoms with Crippen LogP contribution in [0.1, 0.15) is 72.3 Å². The number of nitrogens with one attached hydrogen (secondary N) is 2. The monoisotopic (exact) mass is 531 g/mol. The van der Waals surface area contributed by atoms with E-state index in [1.165, 1.54) is 6.92 Å². The summed E-state index contributed by atoms with van der Waals surface area (Å²) in [4.78, 5) is 45.2. The van der Waals surface area contributed by atoms with E-state index >= 15 is 0 Å². The van der Waals surface area contributed by atoms with Crippen LogP contribution in [0.5, 0.6) is 0 Å². The van der Waals surface area contributed by atoms with Crippen LogP contribution in [0.15, 0.2) is 36.4 Å². The van der Waals surface area contributed by atoms with Crippen molar-refractivity contribution < 1.29 is 29.1 Å². The zero-order valence-corrected chi connectivity index (χ0v) is 23.4. The molecule has 1 saturated heterocycles. The molecule has 0 radical (unpaired) electrons. The highest BCUT2D eigenvalue weighted by atomic mass is 16.8. The molecule has 3 N–H and O–H groups in total. The summed E-state index contributed by atoms with van der Waals surface area (Å²) in [6, 6.07) is 9.70. The zero-order valence-electron chi connectivity index (χ0n) is 23.4. The molecule has 3 amide bonds. The van der Waals surface area contributed by atoms with Gasteiger partial charge in [-0.15, -0.1) is 0 Å². The molecule has 0 bridgehead atoms. The van der Waals surface area contributed by atoms with Crippen LogP contribution in [0, 0.1) is 23.7 Å². The molecular weight excluding hydrogens is 486 g/mol. The van der Waals surface area contributed by atoms with E-state index in [1.54, 1.807) is 0 Å². The van der Waals surface area contributed by atoms with Crippen molar-refractivity contribution in [1.82, 2.24) is 15.9 Å². The van der Waals surface area contributed by atoms with E-state index in [0.717, 1.165) is 23.4 Å². The minimum Gasteiger partial charge on any atom is -0.383 e. The number of hydroxylamine groups is 1. The number of nitrogens with zero attached hydrogens (tertiary/aromatic N) is 1. The molecule has 9 heteroatoms. The van der Waals surface area contributed by atoms with Gasteiger partial charge in [0.25, 0.3) is 5.91 Å². The third-order valence-electron chi connectivity index (χ3n) is 6.23. The number of hydrazine groups is 1. The Morgan fingerprint density at radius 1 is 1.05 bits per heavy atom. The van der Waals surface area contributed by atoms with Crippen LogP contribution in [0.2, 0.25) is 0 Å². The van der Waals surface area contributed by atoms with E-state index in [9.17, 15) is 19.5 Å². The average molecular weight is 532 g/mol. The van der Waals surface area contributed by atoms with E-state index in [1.807, 2.05) is 70.2 Å². The van der Waals surface area contributed by atoms with Gasteiger partial charge in [-0.3, -0.25) is 24.8 Å². The van der Waals surface area contributed by atoms with E-state index in [4.69, 9.17) is 9.57 Å². The predicted molar refractivity (Wildman–Crippen MR) is 146 cm³/mol.